The van der Waals surface area contributed by atoms with Crippen molar-refractivity contribution in [3.63, 3.8) is 0 Å². The Bertz CT molecular complexity index is 1170. The first-order chi connectivity index (χ1) is 16.8. The minimum atomic E-state index is -0.542. The van der Waals surface area contributed by atoms with Gasteiger partial charge in [0.25, 0.3) is 5.91 Å². The van der Waals surface area contributed by atoms with Crippen LogP contribution in [0.2, 0.25) is 5.02 Å². The Kier molecular flexibility index (Phi) is 9.32. The summed E-state index contributed by atoms with van der Waals surface area (Å²) < 4.78 is 16.5. The smallest absolute Gasteiger partial charge is 0.336 e. The number of methoxy groups -OCH3 is 1. The molecule has 1 N–H and O–H groups in total. The summed E-state index contributed by atoms with van der Waals surface area (Å²) in [5, 5.41) is 3.37. The molecule has 0 saturated heterocycles. The van der Waals surface area contributed by atoms with Crippen molar-refractivity contribution in [1.29, 1.82) is 0 Å². The maximum absolute atomic E-state index is 12.4. The fourth-order valence-corrected chi connectivity index (χ4v) is 3.16. The molecule has 0 saturated carbocycles. The number of amides is 1. The van der Waals surface area contributed by atoms with Crippen molar-refractivity contribution in [1.82, 2.24) is 0 Å². The van der Waals surface area contributed by atoms with Gasteiger partial charge in [0.2, 0.25) is 0 Å². The van der Waals surface area contributed by atoms with Crippen LogP contribution in [0.15, 0.2) is 72.8 Å². The lowest BCUT2D eigenvalue weighted by atomic mass is 10.1. The van der Waals surface area contributed by atoms with Crippen LogP contribution in [-0.4, -0.2) is 25.6 Å². The van der Waals surface area contributed by atoms with Crippen molar-refractivity contribution >= 4 is 35.2 Å². The van der Waals surface area contributed by atoms with Crippen molar-refractivity contribution < 1.29 is 23.8 Å². The highest BCUT2D eigenvalue weighted by Crippen LogP contribution is 2.29. The van der Waals surface area contributed by atoms with Crippen LogP contribution < -0.4 is 19.5 Å². The van der Waals surface area contributed by atoms with Gasteiger partial charge in [0, 0.05) is 22.3 Å². The molecule has 0 aromatic heterocycles. The van der Waals surface area contributed by atoms with E-state index in [1.54, 1.807) is 67.8 Å². The van der Waals surface area contributed by atoms with Crippen LogP contribution in [0.4, 0.5) is 5.69 Å². The molecule has 0 fully saturated rings. The quantitative estimate of drug-likeness (QED) is 0.194. The molecule has 0 aliphatic carbocycles. The number of carbonyl (C=O) groups excluding carboxylic acids is 2. The summed E-state index contributed by atoms with van der Waals surface area (Å²) in [6, 6.07) is 18.6. The number of benzene rings is 3. The number of hydrogen-bond donors (Lipinski definition) is 1. The van der Waals surface area contributed by atoms with Crippen LogP contribution in [0.3, 0.4) is 0 Å². The second-order valence-corrected chi connectivity index (χ2v) is 8.62. The minimum absolute atomic E-state index is 0.282. The van der Waals surface area contributed by atoms with Crippen molar-refractivity contribution in [3.8, 4) is 17.2 Å². The van der Waals surface area contributed by atoms with E-state index in [0.717, 1.165) is 12.0 Å². The van der Waals surface area contributed by atoms with E-state index >= 15 is 0 Å². The molecule has 6 nitrogen and oxygen atoms in total. The third-order valence-electron chi connectivity index (χ3n) is 4.99. The molecule has 0 bridgehead atoms. The third-order valence-corrected chi connectivity index (χ3v) is 5.24. The Labute approximate surface area is 210 Å². The molecule has 0 aliphatic rings. The van der Waals surface area contributed by atoms with E-state index in [9.17, 15) is 9.59 Å². The van der Waals surface area contributed by atoms with E-state index in [1.165, 1.54) is 6.08 Å². The zero-order valence-electron chi connectivity index (χ0n) is 19.9. The van der Waals surface area contributed by atoms with Gasteiger partial charge in [0.05, 0.1) is 13.7 Å². The number of ether oxygens (including phenoxy) is 3. The first-order valence-electron chi connectivity index (χ1n) is 11.2. The molecule has 0 radical (unpaired) electrons. The predicted octanol–water partition coefficient (Wildman–Crippen LogP) is 6.64. The van der Waals surface area contributed by atoms with Crippen molar-refractivity contribution in [2.24, 2.45) is 5.92 Å². The van der Waals surface area contributed by atoms with Crippen molar-refractivity contribution in [2.45, 2.75) is 20.3 Å². The highest BCUT2D eigenvalue weighted by Gasteiger charge is 2.09. The second kappa shape index (κ2) is 12.6. The van der Waals surface area contributed by atoms with Crippen LogP contribution in [0.5, 0.6) is 17.2 Å². The lowest BCUT2D eigenvalue weighted by molar-refractivity contribution is -0.128. The summed E-state index contributed by atoms with van der Waals surface area (Å²) >= 11 is 5.86. The van der Waals surface area contributed by atoms with Crippen LogP contribution in [0.1, 0.15) is 36.2 Å². The van der Waals surface area contributed by atoms with Gasteiger partial charge in [-0.05, 0) is 84.6 Å². The number of hydrogen-bond acceptors (Lipinski definition) is 5. The third kappa shape index (κ3) is 8.19. The van der Waals surface area contributed by atoms with Crippen molar-refractivity contribution in [3.05, 3.63) is 89.0 Å². The minimum Gasteiger partial charge on any atom is -0.493 e. The average Bonchev–Trinajstić information content (AvgIpc) is 2.85. The molecule has 0 atom stereocenters. The molecule has 0 aliphatic heterocycles. The summed E-state index contributed by atoms with van der Waals surface area (Å²) in [4.78, 5) is 24.6. The maximum atomic E-state index is 12.4. The molecule has 35 heavy (non-hydrogen) atoms. The molecule has 3 aromatic carbocycles. The van der Waals surface area contributed by atoms with E-state index in [0.29, 0.717) is 46.0 Å². The van der Waals surface area contributed by atoms with Gasteiger partial charge >= 0.3 is 5.97 Å². The van der Waals surface area contributed by atoms with Gasteiger partial charge in [-0.25, -0.2) is 4.79 Å². The molecule has 7 heteroatoms. The number of carbonyl (C=O) groups is 2. The molecular weight excluding hydrogens is 466 g/mol. The summed E-state index contributed by atoms with van der Waals surface area (Å²) in [7, 11) is 1.58. The zero-order chi connectivity index (χ0) is 25.2. The Morgan fingerprint density at radius 1 is 0.971 bits per heavy atom. The topological polar surface area (TPSA) is 73.9 Å². The van der Waals surface area contributed by atoms with E-state index in [4.69, 9.17) is 25.8 Å². The molecule has 1 amide bonds. The van der Waals surface area contributed by atoms with Crippen molar-refractivity contribution in [2.75, 3.05) is 19.0 Å². The van der Waals surface area contributed by atoms with Crippen LogP contribution in [-0.2, 0) is 4.79 Å². The molecule has 0 heterocycles. The number of halogens is 1. The van der Waals surface area contributed by atoms with E-state index in [2.05, 4.69) is 19.2 Å². The summed E-state index contributed by atoms with van der Waals surface area (Å²) in [5.74, 6) is 1.31. The molecular formula is C28H28ClNO5. The SMILES string of the molecule is COc1cc(/C=C/C(=O)Oc2ccc(C(=O)Nc3ccc(Cl)cc3)cc2)ccc1OCCC(C)C. The first kappa shape index (κ1) is 25.8. The summed E-state index contributed by atoms with van der Waals surface area (Å²) in [6.45, 7) is 4.89. The highest BCUT2D eigenvalue weighted by molar-refractivity contribution is 6.30. The van der Waals surface area contributed by atoms with Gasteiger partial charge in [-0.1, -0.05) is 31.5 Å². The lowest BCUT2D eigenvalue weighted by Crippen LogP contribution is -2.11. The number of esters is 1. The largest absolute Gasteiger partial charge is 0.493 e. The molecule has 0 spiro atoms. The number of rotatable bonds is 10. The maximum Gasteiger partial charge on any atom is 0.336 e. The predicted molar refractivity (Wildman–Crippen MR) is 138 cm³/mol. The lowest BCUT2D eigenvalue weighted by Gasteiger charge is -2.12. The van der Waals surface area contributed by atoms with Gasteiger partial charge in [-0.3, -0.25) is 4.79 Å². The summed E-state index contributed by atoms with van der Waals surface area (Å²) in [5.41, 5.74) is 1.83. The normalized spacial score (nSPS) is 10.9. The Hall–Kier alpha value is -3.77. The van der Waals surface area contributed by atoms with Crippen LogP contribution >= 0.6 is 11.6 Å². The number of anilines is 1. The van der Waals surface area contributed by atoms with Gasteiger partial charge in [-0.2, -0.15) is 0 Å². The standard InChI is InChI=1S/C28H28ClNO5/c1-19(2)16-17-34-25-14-4-20(18-26(25)33-3)5-15-27(31)35-24-12-6-21(7-13-24)28(32)30-23-10-8-22(29)9-11-23/h4-15,18-19H,16-17H2,1-3H3,(H,30,32)/b15-5+. The summed E-state index contributed by atoms with van der Waals surface area (Å²) in [6.07, 6.45) is 3.91. The van der Waals surface area contributed by atoms with Crippen LogP contribution in [0, 0.1) is 5.92 Å². The molecule has 0 unspecified atom stereocenters. The number of nitrogens with one attached hydrogen (secondary N) is 1. The monoisotopic (exact) mass is 493 g/mol. The Morgan fingerprint density at radius 3 is 2.34 bits per heavy atom. The van der Waals surface area contributed by atoms with Crippen LogP contribution in [0.25, 0.3) is 6.08 Å². The van der Waals surface area contributed by atoms with E-state index < -0.39 is 5.97 Å². The zero-order valence-corrected chi connectivity index (χ0v) is 20.7. The van der Waals surface area contributed by atoms with E-state index in [1.807, 2.05) is 12.1 Å². The fourth-order valence-electron chi connectivity index (χ4n) is 3.04. The highest BCUT2D eigenvalue weighted by atomic mass is 35.5. The van der Waals surface area contributed by atoms with Gasteiger partial charge in [0.1, 0.15) is 5.75 Å². The molecule has 3 aromatic rings. The fraction of sp³-hybridized carbons (Fsp3) is 0.214. The van der Waals surface area contributed by atoms with Gasteiger partial charge in [0.15, 0.2) is 11.5 Å². The molecule has 3 rings (SSSR count). The van der Waals surface area contributed by atoms with E-state index in [-0.39, 0.29) is 5.91 Å². The average molecular weight is 494 g/mol. The molecule has 182 valence electrons. The van der Waals surface area contributed by atoms with Gasteiger partial charge in [-0.15, -0.1) is 0 Å². The Balaban J connectivity index is 1.55. The Morgan fingerprint density at radius 2 is 1.69 bits per heavy atom. The van der Waals surface area contributed by atoms with Gasteiger partial charge < -0.3 is 19.5 Å². The second-order valence-electron chi connectivity index (χ2n) is 8.18. The first-order valence-corrected chi connectivity index (χ1v) is 11.6.